The first-order valence-corrected chi connectivity index (χ1v) is 5.81. The van der Waals surface area contributed by atoms with Crippen molar-refractivity contribution in [2.24, 2.45) is 0 Å². The van der Waals surface area contributed by atoms with Gasteiger partial charge in [-0.15, -0.1) is 0 Å². The molecule has 2 heterocycles. The van der Waals surface area contributed by atoms with Gasteiger partial charge >= 0.3 is 0 Å². The largest absolute Gasteiger partial charge is 0.507 e. The van der Waals surface area contributed by atoms with Crippen LogP contribution < -0.4 is 5.32 Å². The molecule has 0 fully saturated rings. The molecule has 0 amide bonds. The van der Waals surface area contributed by atoms with E-state index in [-0.39, 0.29) is 6.04 Å². The number of phenolic OH excluding ortho intramolecular Hbond substituents is 1. The molecule has 4 heteroatoms. The molecule has 1 aliphatic heterocycles. The third-order valence-electron chi connectivity index (χ3n) is 3.33. The van der Waals surface area contributed by atoms with E-state index < -0.39 is 0 Å². The van der Waals surface area contributed by atoms with Gasteiger partial charge in [0.25, 0.3) is 0 Å². The highest BCUT2D eigenvalue weighted by Gasteiger charge is 2.25. The average molecular weight is 229 g/mol. The molecule has 1 aromatic heterocycles. The zero-order chi connectivity index (χ0) is 11.8. The number of aryl methyl sites for hydroxylation is 1. The van der Waals surface area contributed by atoms with Crippen molar-refractivity contribution in [2.75, 3.05) is 6.54 Å². The molecule has 1 aromatic carbocycles. The number of H-pyrrole nitrogens is 1. The normalized spacial score (nSPS) is 19.0. The summed E-state index contributed by atoms with van der Waals surface area (Å²) in [7, 11) is 0. The highest BCUT2D eigenvalue weighted by Crippen LogP contribution is 2.33. The maximum Gasteiger partial charge on any atom is 0.123 e. The van der Waals surface area contributed by atoms with Gasteiger partial charge in [-0.05, 0) is 12.5 Å². The highest BCUT2D eigenvalue weighted by atomic mass is 16.3. The molecule has 0 aliphatic carbocycles. The Morgan fingerprint density at radius 2 is 2.29 bits per heavy atom. The summed E-state index contributed by atoms with van der Waals surface area (Å²) in [5.41, 5.74) is 3.96. The summed E-state index contributed by atoms with van der Waals surface area (Å²) in [5.74, 6) is 0.362. The Hall–Kier alpha value is -1.81. The minimum Gasteiger partial charge on any atom is -0.507 e. The van der Waals surface area contributed by atoms with Crippen molar-refractivity contribution in [1.29, 1.82) is 0 Å². The fraction of sp³-hybridized carbons (Fsp3) is 0.308. The van der Waals surface area contributed by atoms with Gasteiger partial charge in [0.2, 0.25) is 0 Å². The Morgan fingerprint density at radius 1 is 1.41 bits per heavy atom. The number of nitrogens with zero attached hydrogens (tertiary/aromatic N) is 1. The lowest BCUT2D eigenvalue weighted by atomic mass is 9.96. The number of imidazole rings is 1. The summed E-state index contributed by atoms with van der Waals surface area (Å²) >= 11 is 0. The van der Waals surface area contributed by atoms with Crippen molar-refractivity contribution in [3.63, 3.8) is 0 Å². The Kier molecular flexibility index (Phi) is 2.37. The van der Waals surface area contributed by atoms with Crippen LogP contribution in [-0.2, 0) is 6.42 Å². The Balaban J connectivity index is 2.10. The van der Waals surface area contributed by atoms with Crippen molar-refractivity contribution in [3.8, 4) is 5.75 Å². The zero-order valence-corrected chi connectivity index (χ0v) is 9.70. The van der Waals surface area contributed by atoms with Gasteiger partial charge in [-0.1, -0.05) is 18.2 Å². The number of aromatic amines is 1. The number of rotatable bonds is 1. The molecule has 1 atom stereocenters. The van der Waals surface area contributed by atoms with Gasteiger partial charge in [0.1, 0.15) is 5.75 Å². The monoisotopic (exact) mass is 229 g/mol. The molecule has 2 aromatic rings. The fourth-order valence-corrected chi connectivity index (χ4v) is 2.39. The van der Waals surface area contributed by atoms with E-state index in [0.29, 0.717) is 5.75 Å². The second-order valence-electron chi connectivity index (χ2n) is 4.42. The van der Waals surface area contributed by atoms with Gasteiger partial charge in [0.15, 0.2) is 0 Å². The molecule has 4 nitrogen and oxygen atoms in total. The standard InChI is InChI=1S/C13H15N3O/c1-8-3-2-4-9(13(8)17)11-12-10(5-6-14-11)15-7-16-12/h2-4,7,11,14,17H,5-6H2,1H3,(H,15,16)/t11-/m0/s1. The molecule has 0 unspecified atom stereocenters. The second-order valence-corrected chi connectivity index (χ2v) is 4.42. The highest BCUT2D eigenvalue weighted by molar-refractivity contribution is 5.45. The van der Waals surface area contributed by atoms with Gasteiger partial charge in [0, 0.05) is 24.2 Å². The first-order valence-electron chi connectivity index (χ1n) is 5.81. The van der Waals surface area contributed by atoms with E-state index in [1.165, 1.54) is 0 Å². The van der Waals surface area contributed by atoms with Crippen LogP contribution in [0.1, 0.15) is 28.6 Å². The number of hydrogen-bond acceptors (Lipinski definition) is 3. The van der Waals surface area contributed by atoms with Crippen LogP contribution in [0, 0.1) is 6.92 Å². The van der Waals surface area contributed by atoms with E-state index in [1.54, 1.807) is 6.33 Å². The Morgan fingerprint density at radius 3 is 3.18 bits per heavy atom. The molecule has 0 bridgehead atoms. The van der Waals surface area contributed by atoms with Crippen LogP contribution >= 0.6 is 0 Å². The molecule has 0 saturated heterocycles. The molecule has 0 spiro atoms. The van der Waals surface area contributed by atoms with Crippen LogP contribution in [-0.4, -0.2) is 21.6 Å². The number of nitrogens with one attached hydrogen (secondary N) is 2. The Labute approximate surface area is 99.7 Å². The molecule has 3 N–H and O–H groups in total. The van der Waals surface area contributed by atoms with Gasteiger partial charge in [-0.2, -0.15) is 0 Å². The summed E-state index contributed by atoms with van der Waals surface area (Å²) in [4.78, 5) is 7.51. The van der Waals surface area contributed by atoms with Crippen molar-refractivity contribution in [1.82, 2.24) is 15.3 Å². The molecule has 3 rings (SSSR count). The number of hydrogen-bond donors (Lipinski definition) is 3. The van der Waals surface area contributed by atoms with Gasteiger partial charge in [0.05, 0.1) is 18.1 Å². The zero-order valence-electron chi connectivity index (χ0n) is 9.70. The minimum absolute atomic E-state index is 0.00935. The number of aromatic nitrogens is 2. The molecular formula is C13H15N3O. The molecular weight excluding hydrogens is 214 g/mol. The van der Waals surface area contributed by atoms with E-state index in [4.69, 9.17) is 0 Å². The lowest BCUT2D eigenvalue weighted by Gasteiger charge is -2.24. The van der Waals surface area contributed by atoms with Crippen LogP contribution in [0.25, 0.3) is 0 Å². The number of para-hydroxylation sites is 1. The molecule has 17 heavy (non-hydrogen) atoms. The number of aromatic hydroxyl groups is 1. The maximum atomic E-state index is 10.1. The quantitative estimate of drug-likeness (QED) is 0.697. The predicted octanol–water partition coefficient (Wildman–Crippen LogP) is 1.66. The number of fused-ring (bicyclic) bond motifs is 1. The van der Waals surface area contributed by atoms with Crippen molar-refractivity contribution >= 4 is 0 Å². The van der Waals surface area contributed by atoms with Gasteiger partial charge in [-0.3, -0.25) is 0 Å². The minimum atomic E-state index is -0.00935. The molecule has 0 radical (unpaired) electrons. The Bertz CT molecular complexity index is 547. The van der Waals surface area contributed by atoms with E-state index in [9.17, 15) is 5.11 Å². The van der Waals surface area contributed by atoms with Crippen LogP contribution in [0.5, 0.6) is 5.75 Å². The van der Waals surface area contributed by atoms with E-state index in [1.807, 2.05) is 25.1 Å². The fourth-order valence-electron chi connectivity index (χ4n) is 2.39. The van der Waals surface area contributed by atoms with Crippen molar-refractivity contribution in [2.45, 2.75) is 19.4 Å². The van der Waals surface area contributed by atoms with Crippen LogP contribution in [0.2, 0.25) is 0 Å². The van der Waals surface area contributed by atoms with Crippen LogP contribution in [0.15, 0.2) is 24.5 Å². The van der Waals surface area contributed by atoms with E-state index in [2.05, 4.69) is 15.3 Å². The topological polar surface area (TPSA) is 60.9 Å². The first-order chi connectivity index (χ1) is 8.27. The molecule has 88 valence electrons. The predicted molar refractivity (Wildman–Crippen MR) is 65.0 cm³/mol. The smallest absolute Gasteiger partial charge is 0.123 e. The van der Waals surface area contributed by atoms with Gasteiger partial charge < -0.3 is 15.4 Å². The molecule has 1 aliphatic rings. The summed E-state index contributed by atoms with van der Waals surface area (Å²) in [6.45, 7) is 2.81. The third-order valence-corrected chi connectivity index (χ3v) is 3.33. The summed E-state index contributed by atoms with van der Waals surface area (Å²) in [5, 5.41) is 13.5. The number of phenols is 1. The van der Waals surface area contributed by atoms with E-state index in [0.717, 1.165) is 35.5 Å². The second kappa shape index (κ2) is 3.89. The summed E-state index contributed by atoms with van der Waals surface area (Å²) in [6, 6.07) is 5.81. The van der Waals surface area contributed by atoms with Crippen LogP contribution in [0.3, 0.4) is 0 Å². The summed E-state index contributed by atoms with van der Waals surface area (Å²) < 4.78 is 0. The van der Waals surface area contributed by atoms with E-state index >= 15 is 0 Å². The molecule has 0 saturated carbocycles. The third kappa shape index (κ3) is 1.61. The summed E-state index contributed by atoms with van der Waals surface area (Å²) in [6.07, 6.45) is 2.68. The average Bonchev–Trinajstić information content (AvgIpc) is 2.81. The van der Waals surface area contributed by atoms with Gasteiger partial charge in [-0.25, -0.2) is 4.98 Å². The maximum absolute atomic E-state index is 10.1. The SMILES string of the molecule is Cc1cccc([C@@H]2NCCc3[nH]cnc32)c1O. The van der Waals surface area contributed by atoms with Crippen molar-refractivity contribution < 1.29 is 5.11 Å². The van der Waals surface area contributed by atoms with Crippen LogP contribution in [0.4, 0.5) is 0 Å². The lowest BCUT2D eigenvalue weighted by molar-refractivity contribution is 0.448. The lowest BCUT2D eigenvalue weighted by Crippen LogP contribution is -2.30. The van der Waals surface area contributed by atoms with Crippen molar-refractivity contribution in [3.05, 3.63) is 47.0 Å². The number of benzene rings is 1. The first kappa shape index (κ1) is 10.4.